The number of hydrogen-bond acceptors (Lipinski definition) is 4. The molecule has 3 aliphatic heterocycles. The number of amides is 1. The van der Waals surface area contributed by atoms with E-state index in [2.05, 4.69) is 70.4 Å². The lowest BCUT2D eigenvalue weighted by molar-refractivity contribution is -0.945. The summed E-state index contributed by atoms with van der Waals surface area (Å²) in [5.41, 5.74) is 5.37. The van der Waals surface area contributed by atoms with Crippen molar-refractivity contribution >= 4 is 5.91 Å². The number of fused-ring (bicyclic) bond motifs is 3. The van der Waals surface area contributed by atoms with Gasteiger partial charge in [0.2, 0.25) is 5.91 Å². The minimum absolute atomic E-state index is 0.0687. The number of methoxy groups -OCH3 is 1. The van der Waals surface area contributed by atoms with Gasteiger partial charge in [0.1, 0.15) is 17.5 Å². The van der Waals surface area contributed by atoms with Crippen molar-refractivity contribution in [2.45, 2.75) is 32.0 Å². The molecule has 3 fully saturated rings. The van der Waals surface area contributed by atoms with Crippen LogP contribution >= 0.6 is 0 Å². The zero-order chi connectivity index (χ0) is 25.9. The van der Waals surface area contributed by atoms with Crippen molar-refractivity contribution in [3.63, 3.8) is 0 Å². The SMILES string of the molecule is COc1ccccc1CNC(=O)C1C[NH+]2CCC1CC2Cn1cc(-c2ccc(-c3ccccc3)cc2)nn1. The number of piperidine rings is 3. The average molecular weight is 509 g/mol. The van der Waals surface area contributed by atoms with E-state index in [1.54, 1.807) is 7.11 Å². The van der Waals surface area contributed by atoms with E-state index in [0.717, 1.165) is 55.0 Å². The number of nitrogens with zero attached hydrogens (tertiary/aromatic N) is 3. The van der Waals surface area contributed by atoms with Crippen molar-refractivity contribution in [1.29, 1.82) is 0 Å². The predicted molar refractivity (Wildman–Crippen MR) is 146 cm³/mol. The number of ether oxygens (including phenoxy) is 1. The van der Waals surface area contributed by atoms with E-state index in [1.807, 2.05) is 35.0 Å². The van der Waals surface area contributed by atoms with Crippen LogP contribution in [0.25, 0.3) is 22.4 Å². The first-order valence-electron chi connectivity index (χ1n) is 13.5. The molecule has 0 aliphatic carbocycles. The Morgan fingerprint density at radius 3 is 2.50 bits per heavy atom. The molecule has 3 aromatic carbocycles. The molecule has 194 valence electrons. The third-order valence-electron chi connectivity index (χ3n) is 8.27. The van der Waals surface area contributed by atoms with Gasteiger partial charge >= 0.3 is 0 Å². The molecule has 1 aromatic heterocycles. The molecule has 4 heterocycles. The topological polar surface area (TPSA) is 73.5 Å². The first kappa shape index (κ1) is 24.4. The van der Waals surface area contributed by atoms with Crippen molar-refractivity contribution in [2.75, 3.05) is 20.2 Å². The summed E-state index contributed by atoms with van der Waals surface area (Å²) in [5, 5.41) is 12.1. The van der Waals surface area contributed by atoms with E-state index < -0.39 is 0 Å². The summed E-state index contributed by atoms with van der Waals surface area (Å²) >= 11 is 0. The van der Waals surface area contributed by atoms with E-state index in [9.17, 15) is 4.79 Å². The Bertz CT molecular complexity index is 1380. The van der Waals surface area contributed by atoms with Gasteiger partial charge in [0.15, 0.2) is 0 Å². The van der Waals surface area contributed by atoms with Gasteiger partial charge in [0.25, 0.3) is 0 Å². The second-order valence-corrected chi connectivity index (χ2v) is 10.5. The number of quaternary nitrogens is 1. The molecule has 4 aromatic rings. The molecule has 0 radical (unpaired) electrons. The van der Waals surface area contributed by atoms with Gasteiger partial charge in [-0.15, -0.1) is 5.10 Å². The number of nitrogens with one attached hydrogen (secondary N) is 2. The van der Waals surface area contributed by atoms with E-state index in [-0.39, 0.29) is 11.8 Å². The van der Waals surface area contributed by atoms with Gasteiger partial charge < -0.3 is 15.0 Å². The fraction of sp³-hybridized carbons (Fsp3) is 0.323. The number of carbonyl (C=O) groups is 1. The first-order valence-corrected chi connectivity index (χ1v) is 13.5. The Labute approximate surface area is 223 Å². The summed E-state index contributed by atoms with van der Waals surface area (Å²) in [6, 6.07) is 27.2. The van der Waals surface area contributed by atoms with Crippen molar-refractivity contribution in [2.24, 2.45) is 11.8 Å². The van der Waals surface area contributed by atoms with Crippen molar-refractivity contribution in [3.05, 3.63) is 90.6 Å². The molecule has 0 spiro atoms. The summed E-state index contributed by atoms with van der Waals surface area (Å²) in [6.45, 7) is 3.33. The molecule has 7 rings (SSSR count). The maximum atomic E-state index is 13.1. The Balaban J connectivity index is 1.06. The minimum Gasteiger partial charge on any atom is -0.496 e. The first-order chi connectivity index (χ1) is 18.7. The summed E-state index contributed by atoms with van der Waals surface area (Å²) in [4.78, 5) is 14.6. The molecule has 2 bridgehead atoms. The van der Waals surface area contributed by atoms with Crippen molar-refractivity contribution < 1.29 is 14.4 Å². The lowest BCUT2D eigenvalue weighted by atomic mass is 9.75. The molecule has 4 unspecified atom stereocenters. The molecule has 7 heteroatoms. The number of carbonyl (C=O) groups excluding carboxylic acids is 1. The second-order valence-electron chi connectivity index (χ2n) is 10.5. The van der Waals surface area contributed by atoms with Gasteiger partial charge in [-0.2, -0.15) is 0 Å². The van der Waals surface area contributed by atoms with Crippen LogP contribution < -0.4 is 15.0 Å². The fourth-order valence-electron chi connectivity index (χ4n) is 6.19. The Morgan fingerprint density at radius 2 is 1.74 bits per heavy atom. The Hall–Kier alpha value is -3.97. The molecular formula is C31H34N5O2+. The van der Waals surface area contributed by atoms with Crippen molar-refractivity contribution in [1.82, 2.24) is 20.3 Å². The standard InChI is InChI=1S/C31H33N5O2/c1-38-30-10-6-5-9-26(30)18-32-31(37)28-20-35-16-15-25(28)17-27(35)19-36-21-29(33-34-36)24-13-11-23(12-14-24)22-7-3-2-4-8-22/h2-14,21,25,27-28H,15-20H2,1H3,(H,32,37)/p+1. The summed E-state index contributed by atoms with van der Waals surface area (Å²) in [6.07, 6.45) is 4.20. The second kappa shape index (κ2) is 10.8. The van der Waals surface area contributed by atoms with Crippen LogP contribution in [0.3, 0.4) is 0 Å². The lowest BCUT2D eigenvalue weighted by Gasteiger charge is -2.46. The van der Waals surface area contributed by atoms with E-state index in [1.165, 1.54) is 16.0 Å². The van der Waals surface area contributed by atoms with E-state index in [0.29, 0.717) is 18.5 Å². The number of aromatic nitrogens is 3. The quantitative estimate of drug-likeness (QED) is 0.383. The third-order valence-corrected chi connectivity index (χ3v) is 8.27. The molecule has 3 saturated heterocycles. The molecule has 1 amide bonds. The molecular weight excluding hydrogens is 474 g/mol. The fourth-order valence-corrected chi connectivity index (χ4v) is 6.19. The third kappa shape index (κ3) is 5.07. The van der Waals surface area contributed by atoms with Crippen LogP contribution in [0.1, 0.15) is 18.4 Å². The maximum absolute atomic E-state index is 13.1. The van der Waals surface area contributed by atoms with Crippen LogP contribution in [0.4, 0.5) is 0 Å². The van der Waals surface area contributed by atoms with Crippen LogP contribution in [0.5, 0.6) is 5.75 Å². The van der Waals surface area contributed by atoms with Gasteiger partial charge in [-0.25, -0.2) is 4.68 Å². The molecule has 7 nitrogen and oxygen atoms in total. The van der Waals surface area contributed by atoms with Crippen LogP contribution in [0.2, 0.25) is 0 Å². The normalized spacial score (nSPS) is 22.2. The van der Waals surface area contributed by atoms with Gasteiger partial charge in [0.05, 0.1) is 38.9 Å². The zero-order valence-electron chi connectivity index (χ0n) is 21.7. The molecule has 38 heavy (non-hydrogen) atoms. The van der Waals surface area contributed by atoms with Gasteiger partial charge in [-0.3, -0.25) is 4.79 Å². The maximum Gasteiger partial charge on any atom is 0.229 e. The summed E-state index contributed by atoms with van der Waals surface area (Å²) in [7, 11) is 1.66. The highest BCUT2D eigenvalue weighted by Crippen LogP contribution is 2.29. The van der Waals surface area contributed by atoms with Crippen LogP contribution in [0, 0.1) is 11.8 Å². The zero-order valence-corrected chi connectivity index (χ0v) is 21.7. The summed E-state index contributed by atoms with van der Waals surface area (Å²) < 4.78 is 7.41. The van der Waals surface area contributed by atoms with E-state index >= 15 is 0 Å². The van der Waals surface area contributed by atoms with Crippen LogP contribution in [0.15, 0.2) is 85.1 Å². The minimum atomic E-state index is 0.0687. The number of para-hydroxylation sites is 1. The molecule has 2 N–H and O–H groups in total. The largest absolute Gasteiger partial charge is 0.496 e. The lowest BCUT2D eigenvalue weighted by Crippen LogP contribution is -3.20. The van der Waals surface area contributed by atoms with Gasteiger partial charge in [-0.05, 0) is 23.1 Å². The Morgan fingerprint density at radius 1 is 1.00 bits per heavy atom. The predicted octanol–water partition coefficient (Wildman–Crippen LogP) is 3.23. The monoisotopic (exact) mass is 508 g/mol. The molecule has 0 saturated carbocycles. The van der Waals surface area contributed by atoms with Crippen LogP contribution in [-0.2, 0) is 17.9 Å². The summed E-state index contributed by atoms with van der Waals surface area (Å²) in [5.74, 6) is 1.47. The number of benzene rings is 3. The number of hydrogen-bond donors (Lipinski definition) is 2. The van der Waals surface area contributed by atoms with Crippen LogP contribution in [-0.4, -0.2) is 47.1 Å². The highest BCUT2D eigenvalue weighted by Gasteiger charge is 2.46. The van der Waals surface area contributed by atoms with Crippen molar-refractivity contribution in [3.8, 4) is 28.1 Å². The highest BCUT2D eigenvalue weighted by atomic mass is 16.5. The smallest absolute Gasteiger partial charge is 0.229 e. The molecule has 4 atom stereocenters. The van der Waals surface area contributed by atoms with Gasteiger partial charge in [0, 0.05) is 30.5 Å². The highest BCUT2D eigenvalue weighted by molar-refractivity contribution is 5.79. The number of rotatable bonds is 8. The molecule has 3 aliphatic rings. The average Bonchev–Trinajstić information content (AvgIpc) is 3.45. The van der Waals surface area contributed by atoms with E-state index in [4.69, 9.17) is 4.74 Å². The van der Waals surface area contributed by atoms with Gasteiger partial charge in [-0.1, -0.05) is 78.0 Å². The Kier molecular flexibility index (Phi) is 6.92.